The molecule has 2 aromatic rings. The van der Waals surface area contributed by atoms with E-state index in [9.17, 15) is 0 Å². The van der Waals surface area contributed by atoms with Crippen LogP contribution in [0.1, 0.15) is 0 Å². The van der Waals surface area contributed by atoms with Crippen LogP contribution in [0.3, 0.4) is 0 Å². The van der Waals surface area contributed by atoms with E-state index < -0.39 is 0 Å². The van der Waals surface area contributed by atoms with Gasteiger partial charge in [-0.2, -0.15) is 5.10 Å². The van der Waals surface area contributed by atoms with Gasteiger partial charge in [0, 0.05) is 6.07 Å². The third kappa shape index (κ3) is 2.16. The molecule has 0 spiro atoms. The normalized spacial score (nSPS) is 10.2. The van der Waals surface area contributed by atoms with Crippen LogP contribution in [0.15, 0.2) is 28.9 Å². The predicted octanol–water partition coefficient (Wildman–Crippen LogP) is 1.40. The lowest BCUT2D eigenvalue weighted by molar-refractivity contribution is 0.962. The lowest BCUT2D eigenvalue weighted by Crippen LogP contribution is -1.83. The second kappa shape index (κ2) is 3.71. The number of hydrogen-bond acceptors (Lipinski definition) is 5. The van der Waals surface area contributed by atoms with E-state index in [1.54, 1.807) is 6.07 Å². The molecule has 0 aromatic carbocycles. The van der Waals surface area contributed by atoms with Crippen LogP contribution in [0.25, 0.3) is 0 Å². The van der Waals surface area contributed by atoms with E-state index in [2.05, 4.69) is 25.1 Å². The maximum atomic E-state index is 5.67. The van der Waals surface area contributed by atoms with Gasteiger partial charge in [0.15, 0.2) is 5.16 Å². The topological polar surface area (TPSA) is 67.3 Å². The highest BCUT2D eigenvalue weighted by molar-refractivity contribution is 7.99. The zero-order chi connectivity index (χ0) is 9.10. The number of nitrogens with one attached hydrogen (secondary N) is 1. The fraction of sp³-hybridized carbons (Fsp3) is 0. The highest BCUT2D eigenvalue weighted by Crippen LogP contribution is 2.22. The number of aromatic amines is 1. The maximum absolute atomic E-state index is 5.67. The van der Waals surface area contributed by atoms with Gasteiger partial charge < -0.3 is 0 Å². The molecule has 66 valence electrons. The number of H-pyrrole nitrogens is 1. The van der Waals surface area contributed by atoms with Crippen molar-refractivity contribution in [2.45, 2.75) is 10.2 Å². The van der Waals surface area contributed by atoms with Crippen molar-refractivity contribution >= 4 is 23.4 Å². The molecule has 1 N–H and O–H groups in total. The third-order valence-electron chi connectivity index (χ3n) is 1.20. The first kappa shape index (κ1) is 8.46. The molecular weight excluding hydrogens is 210 g/mol. The Morgan fingerprint density at radius 2 is 2.15 bits per heavy atom. The van der Waals surface area contributed by atoms with Gasteiger partial charge >= 0.3 is 0 Å². The molecule has 0 atom stereocenters. The molecule has 0 saturated carbocycles. The van der Waals surface area contributed by atoms with Crippen LogP contribution in [0.2, 0.25) is 5.15 Å². The minimum Gasteiger partial charge on any atom is -0.254 e. The van der Waals surface area contributed by atoms with Gasteiger partial charge in [-0.05, 0) is 11.8 Å². The summed E-state index contributed by atoms with van der Waals surface area (Å²) in [4.78, 5) is 11.7. The minimum atomic E-state index is 0.414. The molecule has 7 heteroatoms. The quantitative estimate of drug-likeness (QED) is 0.764. The second-order valence-electron chi connectivity index (χ2n) is 2.07. The summed E-state index contributed by atoms with van der Waals surface area (Å²) in [6.07, 6.45) is 2.84. The first-order valence-corrected chi connectivity index (χ1v) is 4.55. The van der Waals surface area contributed by atoms with Crippen molar-refractivity contribution in [3.63, 3.8) is 0 Å². The smallest absolute Gasteiger partial charge is 0.189 e. The Labute approximate surface area is 83.0 Å². The minimum absolute atomic E-state index is 0.414. The van der Waals surface area contributed by atoms with Crippen LogP contribution in [-0.4, -0.2) is 25.1 Å². The largest absolute Gasteiger partial charge is 0.254 e. The van der Waals surface area contributed by atoms with E-state index >= 15 is 0 Å². The molecule has 0 aliphatic rings. The van der Waals surface area contributed by atoms with E-state index in [0.29, 0.717) is 10.3 Å². The molecule has 2 aromatic heterocycles. The van der Waals surface area contributed by atoms with Crippen molar-refractivity contribution in [1.82, 2.24) is 25.1 Å². The van der Waals surface area contributed by atoms with E-state index in [4.69, 9.17) is 11.6 Å². The highest BCUT2D eigenvalue weighted by atomic mass is 35.5. The Balaban J connectivity index is 2.19. The molecule has 0 bridgehead atoms. The van der Waals surface area contributed by atoms with E-state index in [0.717, 1.165) is 5.03 Å². The molecule has 0 fully saturated rings. The molecular formula is C6H4ClN5S. The monoisotopic (exact) mass is 213 g/mol. The van der Waals surface area contributed by atoms with Crippen molar-refractivity contribution in [3.05, 3.63) is 23.9 Å². The molecule has 2 rings (SSSR count). The summed E-state index contributed by atoms with van der Waals surface area (Å²) in [6, 6.07) is 1.66. The number of hydrogen-bond donors (Lipinski definition) is 1. The molecule has 5 nitrogen and oxygen atoms in total. The summed E-state index contributed by atoms with van der Waals surface area (Å²) < 4.78 is 0. The van der Waals surface area contributed by atoms with Crippen LogP contribution in [0.5, 0.6) is 0 Å². The van der Waals surface area contributed by atoms with E-state index in [1.807, 2.05) is 0 Å². The van der Waals surface area contributed by atoms with Gasteiger partial charge in [0.25, 0.3) is 0 Å². The summed E-state index contributed by atoms with van der Waals surface area (Å²) in [5.74, 6) is 0. The van der Waals surface area contributed by atoms with Gasteiger partial charge in [-0.3, -0.25) is 5.10 Å². The van der Waals surface area contributed by atoms with Crippen molar-refractivity contribution in [1.29, 1.82) is 0 Å². The van der Waals surface area contributed by atoms with Crippen LogP contribution in [0, 0.1) is 0 Å². The van der Waals surface area contributed by atoms with Crippen molar-refractivity contribution < 1.29 is 0 Å². The number of nitrogens with zero attached hydrogens (tertiary/aromatic N) is 4. The van der Waals surface area contributed by atoms with Gasteiger partial charge in [0.2, 0.25) is 0 Å². The molecule has 0 saturated heterocycles. The average Bonchev–Trinajstić information content (AvgIpc) is 2.57. The number of halogens is 1. The van der Waals surface area contributed by atoms with Crippen LogP contribution in [0.4, 0.5) is 0 Å². The first-order valence-electron chi connectivity index (χ1n) is 3.35. The van der Waals surface area contributed by atoms with Gasteiger partial charge in [-0.1, -0.05) is 11.6 Å². The molecule has 0 amide bonds. The standard InChI is InChI=1S/C6H4ClN5S/c7-4-1-5(9-2-8-4)13-6-10-3-11-12-6/h1-3H,(H,10,11,12). The summed E-state index contributed by atoms with van der Waals surface area (Å²) >= 11 is 7.02. The molecule has 2 heterocycles. The van der Waals surface area contributed by atoms with Gasteiger partial charge in [0.05, 0.1) is 0 Å². The zero-order valence-corrected chi connectivity index (χ0v) is 7.88. The predicted molar refractivity (Wildman–Crippen MR) is 47.5 cm³/mol. The van der Waals surface area contributed by atoms with Crippen LogP contribution >= 0.6 is 23.4 Å². The first-order chi connectivity index (χ1) is 6.34. The van der Waals surface area contributed by atoms with Gasteiger partial charge in [-0.25, -0.2) is 15.0 Å². The number of rotatable bonds is 2. The van der Waals surface area contributed by atoms with Crippen molar-refractivity contribution in [2.24, 2.45) is 0 Å². The molecule has 0 aliphatic heterocycles. The summed E-state index contributed by atoms with van der Waals surface area (Å²) in [5.41, 5.74) is 0. The zero-order valence-electron chi connectivity index (χ0n) is 6.31. The van der Waals surface area contributed by atoms with E-state index in [1.165, 1.54) is 24.4 Å². The molecule has 0 aliphatic carbocycles. The fourth-order valence-electron chi connectivity index (χ4n) is 0.716. The Kier molecular flexibility index (Phi) is 2.42. The Hall–Kier alpha value is -1.14. The highest BCUT2D eigenvalue weighted by Gasteiger charge is 2.01. The molecule has 13 heavy (non-hydrogen) atoms. The van der Waals surface area contributed by atoms with Gasteiger partial charge in [-0.15, -0.1) is 0 Å². The fourth-order valence-corrected chi connectivity index (χ4v) is 1.59. The number of aromatic nitrogens is 5. The molecule has 0 unspecified atom stereocenters. The lowest BCUT2D eigenvalue weighted by Gasteiger charge is -1.94. The molecule has 0 radical (unpaired) electrons. The summed E-state index contributed by atoms with van der Waals surface area (Å²) in [7, 11) is 0. The van der Waals surface area contributed by atoms with Crippen molar-refractivity contribution in [3.8, 4) is 0 Å². The summed E-state index contributed by atoms with van der Waals surface area (Å²) in [6.45, 7) is 0. The SMILES string of the molecule is Clc1cc(Sc2ncn[nH]2)ncn1. The Bertz CT molecular complexity index is 390. The Morgan fingerprint density at radius 1 is 1.23 bits per heavy atom. The van der Waals surface area contributed by atoms with Crippen LogP contribution in [-0.2, 0) is 0 Å². The lowest BCUT2D eigenvalue weighted by atomic mass is 10.7. The third-order valence-corrected chi connectivity index (χ3v) is 2.23. The van der Waals surface area contributed by atoms with E-state index in [-0.39, 0.29) is 0 Å². The second-order valence-corrected chi connectivity index (χ2v) is 3.47. The van der Waals surface area contributed by atoms with Gasteiger partial charge in [0.1, 0.15) is 22.8 Å². The average molecular weight is 214 g/mol. The maximum Gasteiger partial charge on any atom is 0.189 e. The Morgan fingerprint density at radius 3 is 2.85 bits per heavy atom. The summed E-state index contributed by atoms with van der Waals surface area (Å²) in [5, 5.41) is 8.23. The van der Waals surface area contributed by atoms with Crippen LogP contribution < -0.4 is 0 Å². The van der Waals surface area contributed by atoms with Crippen molar-refractivity contribution in [2.75, 3.05) is 0 Å².